The molecule has 1 amide bonds. The average molecular weight is 462 g/mol. The molecule has 2 aliphatic heterocycles. The van der Waals surface area contributed by atoms with Gasteiger partial charge in [-0.2, -0.15) is 18.3 Å². The number of piperazine rings is 1. The second-order valence-corrected chi connectivity index (χ2v) is 7.84. The Labute approximate surface area is 186 Å². The van der Waals surface area contributed by atoms with Gasteiger partial charge < -0.3 is 25.3 Å². The summed E-state index contributed by atoms with van der Waals surface area (Å²) in [4.78, 5) is 22.4. The lowest BCUT2D eigenvalue weighted by molar-refractivity contribution is -0.142. The predicted molar refractivity (Wildman–Crippen MR) is 111 cm³/mol. The van der Waals surface area contributed by atoms with Crippen molar-refractivity contribution in [1.29, 1.82) is 0 Å². The molecule has 2 aliphatic rings. The maximum atomic E-state index is 12.9. The number of carbonyl (C=O) groups is 1. The van der Waals surface area contributed by atoms with E-state index in [1.807, 2.05) is 27.7 Å². The van der Waals surface area contributed by atoms with Crippen molar-refractivity contribution < 1.29 is 22.7 Å². The molecule has 0 spiro atoms. The van der Waals surface area contributed by atoms with Gasteiger partial charge in [-0.15, -0.1) is 0 Å². The molecule has 1 aromatic carbocycles. The summed E-state index contributed by atoms with van der Waals surface area (Å²) in [7, 11) is 0. The summed E-state index contributed by atoms with van der Waals surface area (Å²) < 4.78 is 47.2. The van der Waals surface area contributed by atoms with Gasteiger partial charge in [0, 0.05) is 37.6 Å². The zero-order valence-corrected chi connectivity index (χ0v) is 17.4. The number of aromatic nitrogens is 5. The molecule has 0 bridgehead atoms. The third-order valence-corrected chi connectivity index (χ3v) is 5.65. The fourth-order valence-electron chi connectivity index (χ4n) is 4.17. The van der Waals surface area contributed by atoms with E-state index in [1.165, 1.54) is 0 Å². The fraction of sp³-hybridized carbons (Fsp3) is 0.400. The van der Waals surface area contributed by atoms with E-state index >= 15 is 0 Å². The number of primary amides is 1. The van der Waals surface area contributed by atoms with E-state index in [1.54, 1.807) is 6.20 Å². The molecule has 5 rings (SSSR count). The van der Waals surface area contributed by atoms with Crippen molar-refractivity contribution in [1.82, 2.24) is 29.6 Å². The Kier molecular flexibility index (Phi) is 5.19. The highest BCUT2D eigenvalue weighted by Gasteiger charge is 2.31. The fourth-order valence-corrected chi connectivity index (χ4v) is 4.17. The molecule has 0 saturated carbocycles. The van der Waals surface area contributed by atoms with Crippen molar-refractivity contribution in [2.24, 2.45) is 5.73 Å². The van der Waals surface area contributed by atoms with E-state index in [9.17, 15) is 18.0 Å². The lowest BCUT2D eigenvalue weighted by Crippen LogP contribution is -2.57. The van der Waals surface area contributed by atoms with Gasteiger partial charge in [0.25, 0.3) is 0 Å². The van der Waals surface area contributed by atoms with Gasteiger partial charge in [-0.3, -0.25) is 4.79 Å². The number of fused-ring (bicyclic) bond motifs is 3. The number of imidazole rings is 1. The van der Waals surface area contributed by atoms with Crippen LogP contribution in [0.1, 0.15) is 0 Å². The van der Waals surface area contributed by atoms with E-state index in [0.29, 0.717) is 55.6 Å². The normalized spacial score (nSPS) is 18.3. The molecular weight excluding hydrogens is 441 g/mol. The number of nitrogens with zero attached hydrogens (tertiary/aromatic N) is 6. The maximum absolute atomic E-state index is 12.9. The highest BCUT2D eigenvalue weighted by Crippen LogP contribution is 2.37. The average Bonchev–Trinajstić information content (AvgIpc) is 3.35. The summed E-state index contributed by atoms with van der Waals surface area (Å²) in [5.41, 5.74) is 7.35. The second-order valence-electron chi connectivity index (χ2n) is 7.84. The number of nitrogens with two attached hydrogens (primary N) is 1. The number of amides is 1. The first-order valence-electron chi connectivity index (χ1n) is 10.4. The number of ether oxygens (including phenoxy) is 1. The molecule has 0 radical (unpaired) electrons. The number of hydrogen-bond acceptors (Lipinski definition) is 7. The molecule has 10 nitrogen and oxygen atoms in total. The number of halogens is 3. The molecule has 2 aromatic heterocycles. The predicted octanol–water partition coefficient (Wildman–Crippen LogP) is 1.03. The van der Waals surface area contributed by atoms with Crippen LogP contribution in [0.25, 0.3) is 22.9 Å². The number of carbonyl (C=O) groups excluding carboxylic acids is 1. The molecule has 0 aliphatic carbocycles. The highest BCUT2D eigenvalue weighted by molar-refractivity contribution is 5.85. The third kappa shape index (κ3) is 4.11. The third-order valence-electron chi connectivity index (χ3n) is 5.65. The van der Waals surface area contributed by atoms with Gasteiger partial charge in [0.15, 0.2) is 5.82 Å². The van der Waals surface area contributed by atoms with Crippen LogP contribution in [-0.2, 0) is 17.9 Å². The van der Waals surface area contributed by atoms with Crippen LogP contribution in [0.2, 0.25) is 0 Å². The van der Waals surface area contributed by atoms with Crippen LogP contribution in [0.15, 0.2) is 30.7 Å². The molecule has 3 N–H and O–H groups in total. The monoisotopic (exact) mass is 462 g/mol. The summed E-state index contributed by atoms with van der Waals surface area (Å²) >= 11 is 0. The molecule has 1 atom stereocenters. The minimum Gasteiger partial charge on any atom is -0.491 e. The van der Waals surface area contributed by atoms with Gasteiger partial charge in [0.1, 0.15) is 42.8 Å². The Hall–Kier alpha value is -3.61. The number of nitrogens with one attached hydrogen (secondary N) is 1. The molecule has 174 valence electrons. The summed E-state index contributed by atoms with van der Waals surface area (Å²) in [6.07, 6.45) is -1.70. The van der Waals surface area contributed by atoms with E-state index in [4.69, 9.17) is 10.5 Å². The van der Waals surface area contributed by atoms with Gasteiger partial charge in [0.2, 0.25) is 5.91 Å². The van der Waals surface area contributed by atoms with E-state index in [2.05, 4.69) is 20.4 Å². The molecule has 1 fully saturated rings. The first-order chi connectivity index (χ1) is 15.8. The van der Waals surface area contributed by atoms with E-state index in [0.717, 1.165) is 16.7 Å². The zero-order chi connectivity index (χ0) is 23.2. The van der Waals surface area contributed by atoms with Crippen LogP contribution in [0, 0.1) is 0 Å². The van der Waals surface area contributed by atoms with Gasteiger partial charge in [0.05, 0.1) is 12.1 Å². The highest BCUT2D eigenvalue weighted by atomic mass is 19.4. The molecule has 33 heavy (non-hydrogen) atoms. The number of hydrogen-bond donors (Lipinski definition) is 2. The Morgan fingerprint density at radius 1 is 1.27 bits per heavy atom. The van der Waals surface area contributed by atoms with E-state index in [-0.39, 0.29) is 5.82 Å². The number of benzene rings is 1. The van der Waals surface area contributed by atoms with Crippen molar-refractivity contribution in [3.8, 4) is 28.7 Å². The van der Waals surface area contributed by atoms with Crippen molar-refractivity contribution >= 4 is 11.6 Å². The summed E-state index contributed by atoms with van der Waals surface area (Å²) in [5, 5.41) is 6.86. The largest absolute Gasteiger partial charge is 0.491 e. The van der Waals surface area contributed by atoms with Crippen LogP contribution >= 0.6 is 0 Å². The smallest absolute Gasteiger partial charge is 0.408 e. The van der Waals surface area contributed by atoms with Gasteiger partial charge >= 0.3 is 6.18 Å². The van der Waals surface area contributed by atoms with Crippen LogP contribution in [-0.4, -0.2) is 68.7 Å². The second kappa shape index (κ2) is 8.06. The Morgan fingerprint density at radius 2 is 2.12 bits per heavy atom. The number of alkyl halides is 3. The van der Waals surface area contributed by atoms with Gasteiger partial charge in [-0.25, -0.2) is 14.6 Å². The Bertz CT molecular complexity index is 1190. The van der Waals surface area contributed by atoms with Gasteiger partial charge in [-0.05, 0) is 12.1 Å². The molecule has 4 heterocycles. The molecule has 0 unspecified atom stereocenters. The number of anilines is 1. The van der Waals surface area contributed by atoms with Crippen molar-refractivity contribution in [3.63, 3.8) is 0 Å². The quantitative estimate of drug-likeness (QED) is 0.595. The Morgan fingerprint density at radius 3 is 2.91 bits per heavy atom. The Balaban J connectivity index is 1.50. The summed E-state index contributed by atoms with van der Waals surface area (Å²) in [5.74, 6) is 0.748. The first kappa shape index (κ1) is 21.2. The van der Waals surface area contributed by atoms with Crippen LogP contribution in [0.3, 0.4) is 0 Å². The first-order valence-corrected chi connectivity index (χ1v) is 10.4. The minimum atomic E-state index is -4.43. The summed E-state index contributed by atoms with van der Waals surface area (Å²) in [6.45, 7) is 1.33. The minimum absolute atomic E-state index is 0.0390. The van der Waals surface area contributed by atoms with Gasteiger partial charge in [-0.1, -0.05) is 0 Å². The molecular formula is C20H21F3N8O2. The van der Waals surface area contributed by atoms with Crippen LogP contribution in [0.4, 0.5) is 18.9 Å². The lowest BCUT2D eigenvalue weighted by atomic mass is 10.1. The topological polar surface area (TPSA) is 116 Å². The zero-order valence-electron chi connectivity index (χ0n) is 17.4. The number of rotatable bonds is 4. The lowest BCUT2D eigenvalue weighted by Gasteiger charge is -2.36. The van der Waals surface area contributed by atoms with Crippen LogP contribution in [0.5, 0.6) is 5.75 Å². The van der Waals surface area contributed by atoms with Crippen molar-refractivity contribution in [2.45, 2.75) is 25.3 Å². The molecule has 3 aromatic rings. The van der Waals surface area contributed by atoms with Crippen molar-refractivity contribution in [2.75, 3.05) is 31.1 Å². The SMILES string of the molecule is NC(=O)[C@@H]1CNCCN1c1ccc2c(c1)OCCn1cc(-c3ncnn3CC(F)(F)F)nc1-2. The summed E-state index contributed by atoms with van der Waals surface area (Å²) in [6, 6.07) is 5.06. The molecule has 1 saturated heterocycles. The van der Waals surface area contributed by atoms with Crippen molar-refractivity contribution in [3.05, 3.63) is 30.7 Å². The van der Waals surface area contributed by atoms with E-state index < -0.39 is 24.7 Å². The maximum Gasteiger partial charge on any atom is 0.408 e. The molecule has 13 heteroatoms. The standard InChI is InChI=1S/C20H21F3N8O2/c21-20(22,23)10-31-19(26-11-27-31)14-9-29-5-6-33-16-7-12(1-2-13(16)18(29)28-14)30-4-3-25-8-15(30)17(24)32/h1-2,7,9,11,15,25H,3-6,8,10H2,(H2,24,32)/t15-/m0/s1. The van der Waals surface area contributed by atoms with Crippen LogP contribution < -0.4 is 20.7 Å².